The van der Waals surface area contributed by atoms with Gasteiger partial charge in [-0.05, 0) is 29.8 Å². The first-order valence-corrected chi connectivity index (χ1v) is 7.99. The highest BCUT2D eigenvalue weighted by atomic mass is 35.6. The summed E-state index contributed by atoms with van der Waals surface area (Å²) < 4.78 is 9.86. The largest absolute Gasteiger partial charge is 0.438 e. The molecule has 0 radical (unpaired) electrons. The summed E-state index contributed by atoms with van der Waals surface area (Å²) in [5.74, 6) is 0.936. The van der Waals surface area contributed by atoms with E-state index in [-0.39, 0.29) is 6.42 Å². The van der Waals surface area contributed by atoms with E-state index in [1.54, 1.807) is 24.4 Å². The summed E-state index contributed by atoms with van der Waals surface area (Å²) in [6.07, 6.45) is 1.89. The summed E-state index contributed by atoms with van der Waals surface area (Å²) in [7, 11) is 0. The minimum absolute atomic E-state index is 0.276. The van der Waals surface area contributed by atoms with Gasteiger partial charge in [-0.15, -0.1) is 0 Å². The van der Waals surface area contributed by atoms with Gasteiger partial charge in [0.15, 0.2) is 3.79 Å². The van der Waals surface area contributed by atoms with Crippen molar-refractivity contribution in [3.05, 3.63) is 53.2 Å². The number of ether oxygens (including phenoxy) is 2. The molecular weight excluding hydrogens is 368 g/mol. The molecule has 1 aromatic carbocycles. The minimum atomic E-state index is -1.38. The maximum absolute atomic E-state index is 6.04. The smallest absolute Gasteiger partial charge is 0.238 e. The zero-order chi connectivity index (χ0) is 15.8. The first-order valence-electron chi connectivity index (χ1n) is 6.48. The van der Waals surface area contributed by atoms with Gasteiger partial charge >= 0.3 is 0 Å². The van der Waals surface area contributed by atoms with Crippen molar-refractivity contribution >= 4 is 46.4 Å². The average Bonchev–Trinajstić information content (AvgIpc) is 3.21. The number of hydrogen-bond acceptors (Lipinski definition) is 3. The lowest BCUT2D eigenvalue weighted by Gasteiger charge is -2.18. The molecule has 0 saturated carbocycles. The van der Waals surface area contributed by atoms with Gasteiger partial charge in [0.1, 0.15) is 16.4 Å². The van der Waals surface area contributed by atoms with Crippen LogP contribution in [0.15, 0.2) is 42.6 Å². The van der Waals surface area contributed by atoms with Crippen LogP contribution in [0.25, 0.3) is 0 Å². The van der Waals surface area contributed by atoms with Gasteiger partial charge in [0.25, 0.3) is 0 Å². The van der Waals surface area contributed by atoms with E-state index >= 15 is 0 Å². The molecule has 0 bridgehead atoms. The minimum Gasteiger partial charge on any atom is -0.438 e. The molecule has 3 nitrogen and oxygen atoms in total. The number of rotatable bonds is 4. The summed E-state index contributed by atoms with van der Waals surface area (Å²) >= 11 is 23.7. The second-order valence-corrected chi connectivity index (χ2v) is 7.92. The Labute approximate surface area is 148 Å². The highest BCUT2D eigenvalue weighted by Gasteiger charge is 2.51. The molecule has 1 unspecified atom stereocenters. The first-order chi connectivity index (χ1) is 10.4. The fraction of sp³-hybridized carbons (Fsp3) is 0.267. The van der Waals surface area contributed by atoms with Gasteiger partial charge in [0, 0.05) is 12.6 Å². The van der Waals surface area contributed by atoms with Gasteiger partial charge in [-0.1, -0.05) is 58.5 Å². The van der Waals surface area contributed by atoms with Crippen LogP contribution in [0.5, 0.6) is 11.6 Å². The lowest BCUT2D eigenvalue weighted by Crippen LogP contribution is -2.18. The van der Waals surface area contributed by atoms with E-state index in [0.29, 0.717) is 23.3 Å². The van der Waals surface area contributed by atoms with E-state index in [1.807, 2.05) is 18.2 Å². The third-order valence-corrected chi connectivity index (χ3v) is 3.97. The third kappa shape index (κ3) is 3.79. The molecule has 1 aliphatic heterocycles. The van der Waals surface area contributed by atoms with Gasteiger partial charge in [-0.3, -0.25) is 0 Å². The molecule has 7 heteroatoms. The molecule has 2 aromatic rings. The van der Waals surface area contributed by atoms with E-state index in [0.717, 1.165) is 5.56 Å². The van der Waals surface area contributed by atoms with Crippen LogP contribution in [0, 0.1) is 0 Å². The lowest BCUT2D eigenvalue weighted by molar-refractivity contribution is 0.294. The van der Waals surface area contributed by atoms with Crippen molar-refractivity contribution in [1.29, 1.82) is 0 Å². The number of hydrogen-bond donors (Lipinski definition) is 0. The Morgan fingerprint density at radius 1 is 1.23 bits per heavy atom. The lowest BCUT2D eigenvalue weighted by atomic mass is 9.97. The van der Waals surface area contributed by atoms with E-state index < -0.39 is 9.39 Å². The van der Waals surface area contributed by atoms with Gasteiger partial charge in [-0.2, -0.15) is 0 Å². The zero-order valence-electron chi connectivity index (χ0n) is 11.2. The van der Waals surface area contributed by atoms with Crippen LogP contribution in [-0.2, 0) is 10.3 Å². The summed E-state index contributed by atoms with van der Waals surface area (Å²) in [6, 6.07) is 10.9. The van der Waals surface area contributed by atoms with Gasteiger partial charge < -0.3 is 9.47 Å². The van der Waals surface area contributed by atoms with Crippen LogP contribution in [0.3, 0.4) is 0 Å². The topological polar surface area (TPSA) is 34.6 Å². The summed E-state index contributed by atoms with van der Waals surface area (Å²) in [5, 5.41) is 0.437. The maximum Gasteiger partial charge on any atom is 0.238 e. The van der Waals surface area contributed by atoms with Crippen LogP contribution < -0.4 is 4.74 Å². The van der Waals surface area contributed by atoms with Gasteiger partial charge in [-0.25, -0.2) is 4.98 Å². The standard InChI is InChI=1S/C15H11Cl4NO2/c16-12-5-2-6-20-13(12)22-11-4-1-3-10(7-11)14(9-21-14)8-15(17,18)19/h1-7H,8-9H2. The number of alkyl halides is 3. The Hall–Kier alpha value is -0.710. The number of pyridine rings is 1. The van der Waals surface area contributed by atoms with Crippen molar-refractivity contribution in [3.63, 3.8) is 0 Å². The Morgan fingerprint density at radius 3 is 2.64 bits per heavy atom. The van der Waals surface area contributed by atoms with Crippen LogP contribution in [0.2, 0.25) is 5.02 Å². The SMILES string of the molecule is Clc1cccnc1Oc1cccc(C2(CC(Cl)(Cl)Cl)CO2)c1. The van der Waals surface area contributed by atoms with Crippen LogP contribution in [-0.4, -0.2) is 15.4 Å². The van der Waals surface area contributed by atoms with Crippen LogP contribution in [0.1, 0.15) is 12.0 Å². The molecule has 1 saturated heterocycles. The fourth-order valence-corrected chi connectivity index (χ4v) is 2.99. The summed E-state index contributed by atoms with van der Waals surface area (Å²) in [5.41, 5.74) is 0.321. The molecule has 0 N–H and O–H groups in total. The second-order valence-electron chi connectivity index (χ2n) is 5.00. The van der Waals surface area contributed by atoms with Crippen molar-refractivity contribution in [2.75, 3.05) is 6.61 Å². The number of epoxide rings is 1. The predicted octanol–water partition coefficient (Wildman–Crippen LogP) is 5.51. The normalized spacial score (nSPS) is 20.7. The Morgan fingerprint density at radius 2 is 2.00 bits per heavy atom. The quantitative estimate of drug-likeness (QED) is 0.519. The molecule has 116 valence electrons. The molecule has 1 aliphatic rings. The van der Waals surface area contributed by atoms with Crippen molar-refractivity contribution in [3.8, 4) is 11.6 Å². The second kappa shape index (κ2) is 6.06. The predicted molar refractivity (Wildman–Crippen MR) is 88.3 cm³/mol. The van der Waals surface area contributed by atoms with E-state index in [1.165, 1.54) is 0 Å². The summed E-state index contributed by atoms with van der Waals surface area (Å²) in [6.45, 7) is 0.509. The maximum atomic E-state index is 6.04. The summed E-state index contributed by atoms with van der Waals surface area (Å²) in [4.78, 5) is 4.09. The fourth-order valence-electron chi connectivity index (χ4n) is 2.18. The Kier molecular flexibility index (Phi) is 4.45. The van der Waals surface area contributed by atoms with Crippen molar-refractivity contribution in [1.82, 2.24) is 4.98 Å². The van der Waals surface area contributed by atoms with Crippen molar-refractivity contribution in [2.24, 2.45) is 0 Å². The molecule has 0 spiro atoms. The Bertz CT molecular complexity index is 683. The van der Waals surface area contributed by atoms with Crippen molar-refractivity contribution in [2.45, 2.75) is 15.8 Å². The number of benzene rings is 1. The molecule has 1 aromatic heterocycles. The number of aromatic nitrogens is 1. The Balaban J connectivity index is 1.83. The first kappa shape index (κ1) is 16.2. The highest BCUT2D eigenvalue weighted by Crippen LogP contribution is 2.50. The third-order valence-electron chi connectivity index (χ3n) is 3.28. The molecule has 3 rings (SSSR count). The molecule has 2 heterocycles. The monoisotopic (exact) mass is 377 g/mol. The van der Waals surface area contributed by atoms with E-state index in [4.69, 9.17) is 55.9 Å². The van der Waals surface area contributed by atoms with E-state index in [9.17, 15) is 0 Å². The molecule has 1 fully saturated rings. The molecule has 0 amide bonds. The number of nitrogens with zero attached hydrogens (tertiary/aromatic N) is 1. The van der Waals surface area contributed by atoms with E-state index in [2.05, 4.69) is 4.98 Å². The molecule has 22 heavy (non-hydrogen) atoms. The van der Waals surface area contributed by atoms with Gasteiger partial charge in [0.2, 0.25) is 5.88 Å². The van der Waals surface area contributed by atoms with Crippen LogP contribution >= 0.6 is 46.4 Å². The molecule has 1 atom stereocenters. The average molecular weight is 379 g/mol. The molecule has 0 aliphatic carbocycles. The highest BCUT2D eigenvalue weighted by molar-refractivity contribution is 6.67. The van der Waals surface area contributed by atoms with Gasteiger partial charge in [0.05, 0.1) is 6.61 Å². The zero-order valence-corrected chi connectivity index (χ0v) is 14.3. The number of halogens is 4. The van der Waals surface area contributed by atoms with Crippen molar-refractivity contribution < 1.29 is 9.47 Å². The van der Waals surface area contributed by atoms with Crippen LogP contribution in [0.4, 0.5) is 0 Å². The molecular formula is C15H11Cl4NO2.